The third-order valence-corrected chi connectivity index (χ3v) is 14.1. The van der Waals surface area contributed by atoms with Crippen molar-refractivity contribution in [1.29, 1.82) is 0 Å². The molecule has 1 saturated heterocycles. The maximum absolute atomic E-state index is 13.6. The van der Waals surface area contributed by atoms with Crippen molar-refractivity contribution in [1.82, 2.24) is 14.5 Å². The van der Waals surface area contributed by atoms with Gasteiger partial charge in [-0.3, -0.25) is 9.69 Å². The molecule has 2 bridgehead atoms. The molecule has 1 amide bonds. The Morgan fingerprint density at radius 2 is 1.87 bits per heavy atom. The Balaban J connectivity index is 1.35. The first-order valence-electron chi connectivity index (χ1n) is 19.0. The Hall–Kier alpha value is -2.67. The molecule has 286 valence electrons. The minimum atomic E-state index is -3.96. The van der Waals surface area contributed by atoms with Gasteiger partial charge in [0.2, 0.25) is 10.0 Å². The smallest absolute Gasteiger partial charge is 0.264 e. The van der Waals surface area contributed by atoms with Crippen LogP contribution in [0.3, 0.4) is 0 Å². The van der Waals surface area contributed by atoms with E-state index in [0.717, 1.165) is 102 Å². The van der Waals surface area contributed by atoms with Gasteiger partial charge in [-0.25, -0.2) is 13.1 Å². The van der Waals surface area contributed by atoms with Crippen molar-refractivity contribution in [3.05, 3.63) is 70.3 Å². The number of hydrogen-bond donors (Lipinski definition) is 1. The molecule has 2 aromatic carbocycles. The van der Waals surface area contributed by atoms with E-state index in [1.807, 2.05) is 44.4 Å². The van der Waals surface area contributed by atoms with E-state index in [4.69, 9.17) is 25.8 Å². The highest BCUT2D eigenvalue weighted by Gasteiger charge is 2.48. The number of hydrogen-bond acceptors (Lipinski definition) is 9. The molecule has 0 aromatic heterocycles. The van der Waals surface area contributed by atoms with Gasteiger partial charge in [0.25, 0.3) is 5.91 Å². The Labute approximate surface area is 315 Å². The first-order valence-corrected chi connectivity index (χ1v) is 21.0. The molecule has 0 radical (unpaired) electrons. The fraction of sp³-hybridized carbons (Fsp3) is 0.625. The molecule has 12 heteroatoms. The number of allylic oxidation sites excluding steroid dienone is 1. The zero-order chi connectivity index (χ0) is 36.9. The van der Waals surface area contributed by atoms with Crippen LogP contribution in [-0.2, 0) is 32.5 Å². The largest absolute Gasteiger partial charge is 0.487 e. The van der Waals surface area contributed by atoms with E-state index in [0.29, 0.717) is 35.3 Å². The summed E-state index contributed by atoms with van der Waals surface area (Å²) in [5, 5.41) is -0.0697. The molecular weight excluding hydrogens is 700 g/mol. The van der Waals surface area contributed by atoms with E-state index in [1.54, 1.807) is 13.0 Å². The lowest BCUT2D eigenvalue weighted by molar-refractivity contribution is -0.0894. The lowest BCUT2D eigenvalue weighted by Crippen LogP contribution is -2.56. The number of ether oxygens (including phenoxy) is 3. The van der Waals surface area contributed by atoms with Gasteiger partial charge in [0.1, 0.15) is 18.0 Å². The van der Waals surface area contributed by atoms with Gasteiger partial charge in [-0.1, -0.05) is 36.7 Å². The van der Waals surface area contributed by atoms with Crippen molar-refractivity contribution in [3.8, 4) is 5.75 Å². The number of amides is 1. The van der Waals surface area contributed by atoms with E-state index in [-0.39, 0.29) is 11.8 Å². The lowest BCUT2D eigenvalue weighted by Gasteiger charge is -2.51. The average Bonchev–Trinajstić information content (AvgIpc) is 3.15. The third kappa shape index (κ3) is 9.16. The minimum Gasteiger partial charge on any atom is -0.487 e. The number of aryl methyl sites for hydroxylation is 1. The molecule has 3 aliphatic heterocycles. The van der Waals surface area contributed by atoms with Crippen molar-refractivity contribution in [3.63, 3.8) is 0 Å². The molecule has 1 aliphatic carbocycles. The summed E-state index contributed by atoms with van der Waals surface area (Å²) in [4.78, 5) is 20.8. The number of carbonyl (C=O) groups is 1. The molecule has 4 aliphatic rings. The predicted molar refractivity (Wildman–Crippen MR) is 207 cm³/mol. The monoisotopic (exact) mass is 756 g/mol. The molecule has 0 unspecified atom stereocenters. The Bertz CT molecular complexity index is 1680. The number of benzene rings is 2. The number of nitrogens with zero attached hydrogens (tertiary/aromatic N) is 3. The van der Waals surface area contributed by atoms with Gasteiger partial charge in [0, 0.05) is 63.5 Å². The van der Waals surface area contributed by atoms with Crippen LogP contribution in [0.1, 0.15) is 67.4 Å². The standard InChI is InChI=1S/C40H57ClN4O6S/c1-29-8-7-16-40(49-4,28-43(3)18-19-44-20-22-50-23-21-44)36-14-11-33(36)26-45-17-6-5-9-31-24-35(41)13-10-34(31)27-51-38-15-12-32(25-37(38)45)39(46)42-52(47,48)30(29)2/h7,10,12-13,15-16,24-25,29-30,33,36H,5-6,8-9,11,14,17-23,26-28H2,1-4H3,(H,42,46)/b16-7+/t29-,30+,33-,36+,40+/m0/s1. The van der Waals surface area contributed by atoms with Crippen LogP contribution >= 0.6 is 11.6 Å². The van der Waals surface area contributed by atoms with Gasteiger partial charge in [-0.15, -0.1) is 0 Å². The first kappa shape index (κ1) is 39.0. The summed E-state index contributed by atoms with van der Waals surface area (Å²) in [5.74, 6) is 0.410. The highest BCUT2D eigenvalue weighted by atomic mass is 35.5. The second-order valence-corrected chi connectivity index (χ2v) is 17.9. The zero-order valence-electron chi connectivity index (χ0n) is 31.3. The van der Waals surface area contributed by atoms with Crippen LogP contribution in [0.25, 0.3) is 0 Å². The number of methoxy groups -OCH3 is 1. The molecule has 52 heavy (non-hydrogen) atoms. The maximum Gasteiger partial charge on any atom is 0.264 e. The summed E-state index contributed by atoms with van der Waals surface area (Å²) in [6.45, 7) is 11.6. The van der Waals surface area contributed by atoms with Crippen molar-refractivity contribution >= 4 is 33.2 Å². The number of carbonyl (C=O) groups excluding carboxylic acids is 1. The quantitative estimate of drug-likeness (QED) is 0.368. The Morgan fingerprint density at radius 1 is 1.06 bits per heavy atom. The van der Waals surface area contributed by atoms with Crippen LogP contribution in [0, 0.1) is 17.8 Å². The number of fused-ring (bicyclic) bond motifs is 3. The second-order valence-electron chi connectivity index (χ2n) is 15.4. The van der Waals surface area contributed by atoms with E-state index in [2.05, 4.69) is 38.6 Å². The number of nitrogens with one attached hydrogen (secondary N) is 1. The van der Waals surface area contributed by atoms with Gasteiger partial charge in [0.15, 0.2) is 0 Å². The summed E-state index contributed by atoms with van der Waals surface area (Å²) in [6.07, 6.45) is 9.80. The van der Waals surface area contributed by atoms with E-state index >= 15 is 0 Å². The van der Waals surface area contributed by atoms with Crippen molar-refractivity contribution < 1.29 is 27.4 Å². The number of rotatable bonds is 6. The van der Waals surface area contributed by atoms with Gasteiger partial charge in [-0.05, 0) is 112 Å². The molecule has 1 N–H and O–H groups in total. The number of anilines is 1. The highest BCUT2D eigenvalue weighted by molar-refractivity contribution is 7.90. The highest BCUT2D eigenvalue weighted by Crippen LogP contribution is 2.46. The fourth-order valence-electron chi connectivity index (χ4n) is 8.27. The normalized spacial score (nSPS) is 29.4. The first-order chi connectivity index (χ1) is 25.0. The van der Waals surface area contributed by atoms with E-state index in [9.17, 15) is 13.2 Å². The lowest BCUT2D eigenvalue weighted by atomic mass is 9.64. The summed E-state index contributed by atoms with van der Waals surface area (Å²) in [6, 6.07) is 11.3. The van der Waals surface area contributed by atoms with Crippen LogP contribution in [0.15, 0.2) is 48.6 Å². The summed E-state index contributed by atoms with van der Waals surface area (Å²) < 4.78 is 48.2. The number of halogens is 1. The molecule has 1 saturated carbocycles. The predicted octanol–water partition coefficient (Wildman–Crippen LogP) is 5.78. The zero-order valence-corrected chi connectivity index (χ0v) is 32.9. The summed E-state index contributed by atoms with van der Waals surface area (Å²) in [5.41, 5.74) is 2.83. The van der Waals surface area contributed by atoms with E-state index in [1.165, 1.54) is 5.56 Å². The van der Waals surface area contributed by atoms with Crippen LogP contribution in [0.4, 0.5) is 5.69 Å². The Kier molecular flexibility index (Phi) is 12.9. The number of likely N-dealkylation sites (N-methyl/N-ethyl adjacent to an activating group) is 1. The van der Waals surface area contributed by atoms with Crippen molar-refractivity contribution in [2.75, 3.05) is 78.1 Å². The van der Waals surface area contributed by atoms with Crippen LogP contribution in [0.2, 0.25) is 5.02 Å². The number of sulfonamides is 1. The second kappa shape index (κ2) is 17.2. The van der Waals surface area contributed by atoms with Gasteiger partial charge < -0.3 is 24.0 Å². The van der Waals surface area contributed by atoms with Crippen LogP contribution in [-0.4, -0.2) is 108 Å². The molecule has 2 fully saturated rings. The van der Waals surface area contributed by atoms with Crippen LogP contribution < -0.4 is 14.4 Å². The van der Waals surface area contributed by atoms with Crippen LogP contribution in [0.5, 0.6) is 5.75 Å². The topological polar surface area (TPSA) is 101 Å². The van der Waals surface area contributed by atoms with Gasteiger partial charge >= 0.3 is 0 Å². The number of morpholine rings is 1. The van der Waals surface area contributed by atoms with Crippen molar-refractivity contribution in [2.45, 2.75) is 69.8 Å². The molecule has 10 nitrogen and oxygen atoms in total. The Morgan fingerprint density at radius 3 is 2.62 bits per heavy atom. The average molecular weight is 757 g/mol. The molecule has 3 heterocycles. The summed E-state index contributed by atoms with van der Waals surface area (Å²) >= 11 is 6.40. The maximum atomic E-state index is 13.6. The van der Waals surface area contributed by atoms with Gasteiger partial charge in [0.05, 0.1) is 24.2 Å². The SMILES string of the molecule is CO[C@@]1(CN(C)CCN2CCOCC2)/C=C/C[C@H](C)[C@@H](C)S(=O)(=O)NC(=O)c2ccc3c(c2)N(CCCCc2cc(Cl)ccc2CO3)C[C@@H]2CC[C@H]21. The van der Waals surface area contributed by atoms with E-state index < -0.39 is 26.8 Å². The summed E-state index contributed by atoms with van der Waals surface area (Å²) in [7, 11) is 0.0444. The fourth-order valence-corrected chi connectivity index (χ4v) is 9.75. The molecule has 6 rings (SSSR count). The molecule has 0 spiro atoms. The molecule has 5 atom stereocenters. The minimum absolute atomic E-state index is 0.227. The molecular formula is C40H57ClN4O6S. The molecule has 2 aromatic rings. The van der Waals surface area contributed by atoms with Crippen molar-refractivity contribution in [2.24, 2.45) is 17.8 Å². The van der Waals surface area contributed by atoms with Gasteiger partial charge in [-0.2, -0.15) is 0 Å². The third-order valence-electron chi connectivity index (χ3n) is 12.0.